The third-order valence-electron chi connectivity index (χ3n) is 4.94. The standard InChI is InChI=1S/C19H27NO5/c1-13(10-14-6-7-15(24-3)16(11-14)25-4)17(21)20-9-5-8-19(2,12-20)18(22)23/h6-7,11,13H,5,8-10,12H2,1-4H3,(H,22,23). The van der Waals surface area contributed by atoms with E-state index in [1.54, 1.807) is 26.0 Å². The lowest BCUT2D eigenvalue weighted by molar-refractivity contribution is -0.154. The van der Waals surface area contributed by atoms with Crippen LogP contribution < -0.4 is 9.47 Å². The van der Waals surface area contributed by atoms with E-state index in [2.05, 4.69) is 0 Å². The number of benzene rings is 1. The average molecular weight is 349 g/mol. The normalized spacial score (nSPS) is 21.5. The van der Waals surface area contributed by atoms with Crippen LogP contribution in [0.1, 0.15) is 32.3 Å². The maximum atomic E-state index is 12.8. The van der Waals surface area contributed by atoms with Crippen molar-refractivity contribution in [2.75, 3.05) is 27.3 Å². The summed E-state index contributed by atoms with van der Waals surface area (Å²) < 4.78 is 10.5. The molecular formula is C19H27NO5. The van der Waals surface area contributed by atoms with Crippen LogP contribution in [-0.2, 0) is 16.0 Å². The van der Waals surface area contributed by atoms with Crippen LogP contribution in [0.3, 0.4) is 0 Å². The van der Waals surface area contributed by atoms with E-state index in [1.165, 1.54) is 0 Å². The quantitative estimate of drug-likeness (QED) is 0.854. The Morgan fingerprint density at radius 3 is 2.56 bits per heavy atom. The van der Waals surface area contributed by atoms with E-state index in [0.29, 0.717) is 30.9 Å². The highest BCUT2D eigenvalue weighted by atomic mass is 16.5. The van der Waals surface area contributed by atoms with Crippen molar-refractivity contribution >= 4 is 11.9 Å². The van der Waals surface area contributed by atoms with Gasteiger partial charge in [-0.25, -0.2) is 0 Å². The fourth-order valence-corrected chi connectivity index (χ4v) is 3.36. The van der Waals surface area contributed by atoms with Gasteiger partial charge in [-0.15, -0.1) is 0 Å². The van der Waals surface area contributed by atoms with Gasteiger partial charge in [-0.1, -0.05) is 13.0 Å². The summed E-state index contributed by atoms with van der Waals surface area (Å²) in [5.41, 5.74) is 0.133. The average Bonchev–Trinajstić information content (AvgIpc) is 2.60. The summed E-state index contributed by atoms with van der Waals surface area (Å²) >= 11 is 0. The number of carboxylic acids is 1. The predicted molar refractivity (Wildman–Crippen MR) is 94.0 cm³/mol. The Kier molecular flexibility index (Phi) is 5.93. The molecule has 0 spiro atoms. The van der Waals surface area contributed by atoms with Gasteiger partial charge < -0.3 is 19.5 Å². The molecule has 0 aromatic heterocycles. The van der Waals surface area contributed by atoms with E-state index in [0.717, 1.165) is 12.0 Å². The number of likely N-dealkylation sites (tertiary alicyclic amines) is 1. The Morgan fingerprint density at radius 2 is 1.96 bits per heavy atom. The molecule has 6 heteroatoms. The van der Waals surface area contributed by atoms with Gasteiger partial charge in [-0.05, 0) is 43.9 Å². The number of aliphatic carboxylic acids is 1. The zero-order valence-electron chi connectivity index (χ0n) is 15.4. The number of ether oxygens (including phenoxy) is 2. The first-order valence-corrected chi connectivity index (χ1v) is 8.54. The molecule has 6 nitrogen and oxygen atoms in total. The Bertz CT molecular complexity index is 645. The molecule has 1 aromatic rings. The van der Waals surface area contributed by atoms with Gasteiger partial charge in [0, 0.05) is 19.0 Å². The zero-order valence-corrected chi connectivity index (χ0v) is 15.4. The van der Waals surface area contributed by atoms with Crippen LogP contribution in [-0.4, -0.2) is 49.2 Å². The number of carbonyl (C=O) groups is 2. The number of methoxy groups -OCH3 is 2. The molecule has 2 atom stereocenters. The van der Waals surface area contributed by atoms with Gasteiger partial charge in [0.25, 0.3) is 0 Å². The Labute approximate surface area is 148 Å². The van der Waals surface area contributed by atoms with E-state index >= 15 is 0 Å². The summed E-state index contributed by atoms with van der Waals surface area (Å²) in [6.07, 6.45) is 1.90. The summed E-state index contributed by atoms with van der Waals surface area (Å²) in [6, 6.07) is 5.62. The van der Waals surface area contributed by atoms with E-state index < -0.39 is 11.4 Å². The minimum Gasteiger partial charge on any atom is -0.493 e. The molecule has 2 unspecified atom stereocenters. The third-order valence-corrected chi connectivity index (χ3v) is 4.94. The van der Waals surface area contributed by atoms with Crippen LogP contribution in [0, 0.1) is 11.3 Å². The number of carboxylic acid groups (broad SMARTS) is 1. The first kappa shape index (κ1) is 19.1. The highest BCUT2D eigenvalue weighted by Crippen LogP contribution is 2.32. The van der Waals surface area contributed by atoms with Crippen molar-refractivity contribution in [3.63, 3.8) is 0 Å². The molecule has 138 valence electrons. The second-order valence-corrected chi connectivity index (χ2v) is 7.02. The number of piperidine rings is 1. The highest BCUT2D eigenvalue weighted by Gasteiger charge is 2.40. The first-order chi connectivity index (χ1) is 11.8. The molecule has 1 aliphatic heterocycles. The van der Waals surface area contributed by atoms with Crippen LogP contribution in [0.5, 0.6) is 11.5 Å². The number of carbonyl (C=O) groups excluding carboxylic acids is 1. The fourth-order valence-electron chi connectivity index (χ4n) is 3.36. The van der Waals surface area contributed by atoms with Crippen LogP contribution in [0.25, 0.3) is 0 Å². The van der Waals surface area contributed by atoms with Crippen molar-refractivity contribution in [3.8, 4) is 11.5 Å². The van der Waals surface area contributed by atoms with Crippen LogP contribution >= 0.6 is 0 Å². The molecule has 1 N–H and O–H groups in total. The molecule has 25 heavy (non-hydrogen) atoms. The molecule has 1 saturated heterocycles. The highest BCUT2D eigenvalue weighted by molar-refractivity contribution is 5.81. The van der Waals surface area contributed by atoms with E-state index in [1.807, 2.05) is 25.1 Å². The molecule has 1 fully saturated rings. The summed E-state index contributed by atoms with van der Waals surface area (Å²) in [5.74, 6) is 0.225. The number of amides is 1. The Morgan fingerprint density at radius 1 is 1.28 bits per heavy atom. The van der Waals surface area contributed by atoms with Gasteiger partial charge in [-0.3, -0.25) is 9.59 Å². The Balaban J connectivity index is 2.06. The van der Waals surface area contributed by atoms with Gasteiger partial charge in [0.05, 0.1) is 19.6 Å². The van der Waals surface area contributed by atoms with Gasteiger partial charge in [0.15, 0.2) is 11.5 Å². The SMILES string of the molecule is COc1ccc(CC(C)C(=O)N2CCCC(C)(C(=O)O)C2)cc1OC. The smallest absolute Gasteiger partial charge is 0.311 e. The minimum atomic E-state index is -0.850. The molecule has 1 aliphatic rings. The van der Waals surface area contributed by atoms with Gasteiger partial charge >= 0.3 is 5.97 Å². The zero-order chi connectivity index (χ0) is 18.6. The van der Waals surface area contributed by atoms with Crippen molar-refractivity contribution in [1.82, 2.24) is 4.90 Å². The summed E-state index contributed by atoms with van der Waals surface area (Å²) in [6.45, 7) is 4.49. The second kappa shape index (κ2) is 7.76. The summed E-state index contributed by atoms with van der Waals surface area (Å²) in [7, 11) is 3.16. The summed E-state index contributed by atoms with van der Waals surface area (Å²) in [4.78, 5) is 25.9. The van der Waals surface area contributed by atoms with E-state index in [9.17, 15) is 14.7 Å². The lowest BCUT2D eigenvalue weighted by Crippen LogP contribution is -2.50. The van der Waals surface area contributed by atoms with Gasteiger partial charge in [-0.2, -0.15) is 0 Å². The van der Waals surface area contributed by atoms with E-state index in [-0.39, 0.29) is 18.4 Å². The fraction of sp³-hybridized carbons (Fsp3) is 0.579. The molecule has 1 amide bonds. The largest absolute Gasteiger partial charge is 0.493 e. The van der Waals surface area contributed by atoms with Crippen molar-refractivity contribution in [3.05, 3.63) is 23.8 Å². The van der Waals surface area contributed by atoms with Gasteiger partial charge in [0.1, 0.15) is 0 Å². The van der Waals surface area contributed by atoms with Crippen LogP contribution in [0.4, 0.5) is 0 Å². The molecular weight excluding hydrogens is 322 g/mol. The monoisotopic (exact) mass is 349 g/mol. The number of hydrogen-bond donors (Lipinski definition) is 1. The lowest BCUT2D eigenvalue weighted by atomic mass is 9.81. The molecule has 0 bridgehead atoms. The first-order valence-electron chi connectivity index (χ1n) is 8.54. The second-order valence-electron chi connectivity index (χ2n) is 7.02. The number of nitrogens with zero attached hydrogens (tertiary/aromatic N) is 1. The maximum absolute atomic E-state index is 12.8. The number of hydrogen-bond acceptors (Lipinski definition) is 4. The lowest BCUT2D eigenvalue weighted by Gasteiger charge is -2.38. The topological polar surface area (TPSA) is 76.1 Å². The number of rotatable bonds is 6. The van der Waals surface area contributed by atoms with Crippen molar-refractivity contribution in [1.29, 1.82) is 0 Å². The van der Waals surface area contributed by atoms with Crippen molar-refractivity contribution < 1.29 is 24.2 Å². The van der Waals surface area contributed by atoms with Crippen molar-refractivity contribution in [2.24, 2.45) is 11.3 Å². The molecule has 1 aromatic carbocycles. The summed E-state index contributed by atoms with van der Waals surface area (Å²) in [5, 5.41) is 9.41. The predicted octanol–water partition coefficient (Wildman–Crippen LogP) is 2.60. The van der Waals surface area contributed by atoms with Crippen LogP contribution in [0.2, 0.25) is 0 Å². The molecule has 0 radical (unpaired) electrons. The maximum Gasteiger partial charge on any atom is 0.311 e. The van der Waals surface area contributed by atoms with Crippen molar-refractivity contribution in [2.45, 2.75) is 33.1 Å². The van der Waals surface area contributed by atoms with Crippen LogP contribution in [0.15, 0.2) is 18.2 Å². The Hall–Kier alpha value is -2.24. The minimum absolute atomic E-state index is 0.00181. The van der Waals surface area contributed by atoms with Gasteiger partial charge in [0.2, 0.25) is 5.91 Å². The molecule has 0 saturated carbocycles. The molecule has 1 heterocycles. The van der Waals surface area contributed by atoms with E-state index in [4.69, 9.17) is 9.47 Å². The molecule has 2 rings (SSSR count). The third kappa shape index (κ3) is 4.24. The molecule has 0 aliphatic carbocycles.